The maximum atomic E-state index is 13.5. The predicted octanol–water partition coefficient (Wildman–Crippen LogP) is 5.25. The van der Waals surface area contributed by atoms with Gasteiger partial charge >= 0.3 is 0 Å². The SMILES string of the molecule is CCNC(=O)[C@H](Cc1ccccc1)N(Cc1ccc(F)cc1)C(=O)COc1cc(C)c(Cl)c(C)c1. The molecule has 7 heteroatoms. The number of benzene rings is 3. The van der Waals surface area contributed by atoms with Crippen molar-refractivity contribution >= 4 is 23.4 Å². The van der Waals surface area contributed by atoms with Gasteiger partial charge in [-0.05, 0) is 67.3 Å². The molecule has 184 valence electrons. The monoisotopic (exact) mass is 496 g/mol. The Morgan fingerprint density at radius 1 is 1.00 bits per heavy atom. The summed E-state index contributed by atoms with van der Waals surface area (Å²) in [6.07, 6.45) is 0.332. The second-order valence-electron chi connectivity index (χ2n) is 8.41. The van der Waals surface area contributed by atoms with Crippen LogP contribution in [-0.2, 0) is 22.6 Å². The number of carbonyl (C=O) groups is 2. The first-order valence-corrected chi connectivity index (χ1v) is 11.9. The number of ether oxygens (including phenoxy) is 1. The van der Waals surface area contributed by atoms with Gasteiger partial charge < -0.3 is 15.0 Å². The number of halogens is 2. The van der Waals surface area contributed by atoms with Crippen LogP contribution in [0.2, 0.25) is 5.02 Å². The molecule has 0 spiro atoms. The smallest absolute Gasteiger partial charge is 0.261 e. The molecule has 1 N–H and O–H groups in total. The summed E-state index contributed by atoms with van der Waals surface area (Å²) in [4.78, 5) is 28.1. The number of rotatable bonds is 10. The zero-order valence-electron chi connectivity index (χ0n) is 20.2. The molecule has 0 heterocycles. The van der Waals surface area contributed by atoms with E-state index < -0.39 is 6.04 Å². The van der Waals surface area contributed by atoms with E-state index in [2.05, 4.69) is 5.32 Å². The number of nitrogens with one attached hydrogen (secondary N) is 1. The molecule has 0 fully saturated rings. The molecule has 0 bridgehead atoms. The van der Waals surface area contributed by atoms with Crippen LogP contribution in [0.25, 0.3) is 0 Å². The summed E-state index contributed by atoms with van der Waals surface area (Å²) in [5.74, 6) is -0.457. The molecule has 3 rings (SSSR count). The Balaban J connectivity index is 1.89. The number of likely N-dealkylation sites (N-methyl/N-ethyl adjacent to an activating group) is 1. The van der Waals surface area contributed by atoms with Crippen molar-refractivity contribution in [1.29, 1.82) is 0 Å². The van der Waals surface area contributed by atoms with Gasteiger partial charge in [0.25, 0.3) is 5.91 Å². The zero-order valence-corrected chi connectivity index (χ0v) is 20.9. The van der Waals surface area contributed by atoms with E-state index >= 15 is 0 Å². The normalized spacial score (nSPS) is 11.6. The number of aryl methyl sites for hydroxylation is 2. The predicted molar refractivity (Wildman–Crippen MR) is 136 cm³/mol. The second-order valence-corrected chi connectivity index (χ2v) is 8.79. The lowest BCUT2D eigenvalue weighted by Crippen LogP contribution is -2.51. The molecule has 5 nitrogen and oxygen atoms in total. The first-order chi connectivity index (χ1) is 16.8. The lowest BCUT2D eigenvalue weighted by atomic mass is 10.0. The number of hydrogen-bond acceptors (Lipinski definition) is 3. The van der Waals surface area contributed by atoms with Gasteiger partial charge in [-0.15, -0.1) is 0 Å². The fourth-order valence-corrected chi connectivity index (χ4v) is 3.96. The first kappa shape index (κ1) is 26.2. The highest BCUT2D eigenvalue weighted by Gasteiger charge is 2.30. The third-order valence-corrected chi connectivity index (χ3v) is 6.26. The third-order valence-electron chi connectivity index (χ3n) is 5.66. The molecule has 0 aliphatic carbocycles. The molecule has 1 atom stereocenters. The van der Waals surface area contributed by atoms with Crippen molar-refractivity contribution in [2.45, 2.75) is 39.8 Å². The van der Waals surface area contributed by atoms with Crippen molar-refractivity contribution < 1.29 is 18.7 Å². The van der Waals surface area contributed by atoms with Crippen molar-refractivity contribution in [3.05, 3.63) is 99.8 Å². The lowest BCUT2D eigenvalue weighted by molar-refractivity contribution is -0.142. The van der Waals surface area contributed by atoms with Crippen molar-refractivity contribution in [2.75, 3.05) is 13.2 Å². The van der Waals surface area contributed by atoms with Gasteiger partial charge in [0.2, 0.25) is 5.91 Å². The summed E-state index contributed by atoms with van der Waals surface area (Å²) in [5.41, 5.74) is 3.33. The average molecular weight is 497 g/mol. The Hall–Kier alpha value is -3.38. The number of carbonyl (C=O) groups excluding carboxylic acids is 2. The fourth-order valence-electron chi connectivity index (χ4n) is 3.85. The molecular weight excluding hydrogens is 467 g/mol. The summed E-state index contributed by atoms with van der Waals surface area (Å²) in [6, 6.07) is 18.2. The van der Waals surface area contributed by atoms with Gasteiger partial charge in [-0.25, -0.2) is 4.39 Å². The minimum absolute atomic E-state index is 0.135. The largest absolute Gasteiger partial charge is 0.484 e. The van der Waals surface area contributed by atoms with Crippen molar-refractivity contribution in [3.8, 4) is 5.75 Å². The second kappa shape index (κ2) is 12.4. The Morgan fingerprint density at radius 3 is 2.23 bits per heavy atom. The van der Waals surface area contributed by atoms with E-state index in [0.29, 0.717) is 29.3 Å². The van der Waals surface area contributed by atoms with Crippen molar-refractivity contribution in [3.63, 3.8) is 0 Å². The molecule has 0 radical (unpaired) electrons. The van der Waals surface area contributed by atoms with E-state index in [9.17, 15) is 14.0 Å². The lowest BCUT2D eigenvalue weighted by Gasteiger charge is -2.31. The highest BCUT2D eigenvalue weighted by molar-refractivity contribution is 6.32. The standard InChI is InChI=1S/C28H30ClFN2O3/c1-4-31-28(34)25(16-21-8-6-5-7-9-21)32(17-22-10-12-23(30)13-11-22)26(33)18-35-24-14-19(2)27(29)20(3)15-24/h5-15,25H,4,16-18H2,1-3H3,(H,31,34)/t25-/m0/s1. The Labute approximate surface area is 210 Å². The minimum Gasteiger partial charge on any atom is -0.484 e. The minimum atomic E-state index is -0.771. The Kier molecular flexibility index (Phi) is 9.26. The molecule has 3 aromatic rings. The van der Waals surface area contributed by atoms with Crippen LogP contribution in [0.5, 0.6) is 5.75 Å². The van der Waals surface area contributed by atoms with E-state index in [0.717, 1.165) is 16.7 Å². The molecule has 35 heavy (non-hydrogen) atoms. The summed E-state index contributed by atoms with van der Waals surface area (Å²) in [7, 11) is 0. The Bertz CT molecular complexity index is 1130. The summed E-state index contributed by atoms with van der Waals surface area (Å²) >= 11 is 6.25. The molecule has 0 saturated carbocycles. The van der Waals surface area contributed by atoms with Crippen LogP contribution in [0.15, 0.2) is 66.7 Å². The molecule has 2 amide bonds. The van der Waals surface area contributed by atoms with Crippen molar-refractivity contribution in [2.24, 2.45) is 0 Å². The molecular formula is C28H30ClFN2O3. The van der Waals surface area contributed by atoms with Gasteiger partial charge in [-0.2, -0.15) is 0 Å². The zero-order chi connectivity index (χ0) is 25.4. The molecule has 0 aliphatic heterocycles. The molecule has 0 aliphatic rings. The number of hydrogen-bond donors (Lipinski definition) is 1. The van der Waals surface area contributed by atoms with Gasteiger partial charge in [-0.1, -0.05) is 54.1 Å². The van der Waals surface area contributed by atoms with Gasteiger partial charge in [0.05, 0.1) is 0 Å². The Morgan fingerprint density at radius 2 is 1.63 bits per heavy atom. The average Bonchev–Trinajstić information content (AvgIpc) is 2.85. The van der Waals surface area contributed by atoms with E-state index in [-0.39, 0.29) is 30.8 Å². The molecule has 0 unspecified atom stereocenters. The van der Waals surface area contributed by atoms with E-state index in [1.165, 1.54) is 17.0 Å². The number of nitrogens with zero attached hydrogens (tertiary/aromatic N) is 1. The van der Waals surface area contributed by atoms with Gasteiger partial charge in [0, 0.05) is 24.5 Å². The third kappa shape index (κ3) is 7.30. The maximum absolute atomic E-state index is 13.5. The van der Waals surface area contributed by atoms with E-state index in [1.807, 2.05) is 51.1 Å². The highest BCUT2D eigenvalue weighted by Crippen LogP contribution is 2.26. The summed E-state index contributed by atoms with van der Waals surface area (Å²) in [5, 5.41) is 3.50. The van der Waals surface area contributed by atoms with Crippen molar-refractivity contribution in [1.82, 2.24) is 10.2 Å². The van der Waals surface area contributed by atoms with Crippen LogP contribution in [-0.4, -0.2) is 35.9 Å². The quantitative estimate of drug-likeness (QED) is 0.417. The first-order valence-electron chi connectivity index (χ1n) is 11.5. The summed E-state index contributed by atoms with van der Waals surface area (Å²) < 4.78 is 19.3. The summed E-state index contributed by atoms with van der Waals surface area (Å²) in [6.45, 7) is 5.88. The molecule has 3 aromatic carbocycles. The van der Waals surface area contributed by atoms with Crippen LogP contribution >= 0.6 is 11.6 Å². The number of amides is 2. The molecule has 0 aromatic heterocycles. The van der Waals surface area contributed by atoms with Crippen LogP contribution < -0.4 is 10.1 Å². The highest BCUT2D eigenvalue weighted by atomic mass is 35.5. The van der Waals surface area contributed by atoms with Crippen LogP contribution in [0, 0.1) is 19.7 Å². The van der Waals surface area contributed by atoms with Gasteiger partial charge in [0.15, 0.2) is 6.61 Å². The fraction of sp³-hybridized carbons (Fsp3) is 0.286. The topological polar surface area (TPSA) is 58.6 Å². The maximum Gasteiger partial charge on any atom is 0.261 e. The van der Waals surface area contributed by atoms with Crippen LogP contribution in [0.1, 0.15) is 29.2 Å². The van der Waals surface area contributed by atoms with Gasteiger partial charge in [0.1, 0.15) is 17.6 Å². The van der Waals surface area contributed by atoms with Gasteiger partial charge in [-0.3, -0.25) is 9.59 Å². The van der Waals surface area contributed by atoms with Crippen LogP contribution in [0.4, 0.5) is 4.39 Å². The van der Waals surface area contributed by atoms with E-state index in [4.69, 9.17) is 16.3 Å². The van der Waals surface area contributed by atoms with E-state index in [1.54, 1.807) is 24.3 Å². The van der Waals surface area contributed by atoms with Crippen LogP contribution in [0.3, 0.4) is 0 Å². The molecule has 0 saturated heterocycles.